The third kappa shape index (κ3) is 5.03. The summed E-state index contributed by atoms with van der Waals surface area (Å²) >= 11 is 0. The number of hydrogen-bond acceptors (Lipinski definition) is 5. The largest absolute Gasteiger partial charge is 0.481 e. The normalized spacial score (nSPS) is 14.9. The molecule has 0 fully saturated rings. The molecule has 8 heteroatoms. The molecule has 8 nitrogen and oxygen atoms in total. The maximum Gasteiger partial charge on any atom is 0.408 e. The molecule has 1 atom stereocenters. The van der Waals surface area contributed by atoms with Crippen molar-refractivity contribution in [3.05, 3.63) is 59.7 Å². The molecule has 2 aromatic rings. The van der Waals surface area contributed by atoms with Gasteiger partial charge >= 0.3 is 12.1 Å². The summed E-state index contributed by atoms with van der Waals surface area (Å²) in [6.07, 6.45) is -0.767. The van der Waals surface area contributed by atoms with Crippen LogP contribution in [0.15, 0.2) is 48.5 Å². The van der Waals surface area contributed by atoms with E-state index < -0.39 is 34.5 Å². The molecule has 1 aliphatic rings. The van der Waals surface area contributed by atoms with Crippen molar-refractivity contribution in [1.29, 1.82) is 0 Å². The number of carboxylic acid groups (broad SMARTS) is 1. The first-order valence-electron chi connectivity index (χ1n) is 11.5. The van der Waals surface area contributed by atoms with Crippen LogP contribution < -0.4 is 10.6 Å². The topological polar surface area (TPSA) is 114 Å². The molecule has 0 saturated heterocycles. The number of carbonyl (C=O) groups excluding carboxylic acids is 2. The Balaban J connectivity index is 1.73. The summed E-state index contributed by atoms with van der Waals surface area (Å²) in [5, 5.41) is 15.0. The second kappa shape index (κ2) is 9.70. The summed E-state index contributed by atoms with van der Waals surface area (Å²) in [4.78, 5) is 37.8. The van der Waals surface area contributed by atoms with Crippen molar-refractivity contribution in [2.45, 2.75) is 51.6 Å². The molecule has 0 aliphatic heterocycles. The van der Waals surface area contributed by atoms with E-state index in [1.54, 1.807) is 13.8 Å². The van der Waals surface area contributed by atoms with Crippen LogP contribution in [0.1, 0.15) is 51.7 Å². The van der Waals surface area contributed by atoms with Crippen molar-refractivity contribution in [2.24, 2.45) is 5.41 Å². The van der Waals surface area contributed by atoms with Gasteiger partial charge in [0.1, 0.15) is 12.1 Å². The van der Waals surface area contributed by atoms with Crippen LogP contribution in [0.5, 0.6) is 0 Å². The van der Waals surface area contributed by atoms with Crippen molar-refractivity contribution >= 4 is 18.0 Å². The summed E-state index contributed by atoms with van der Waals surface area (Å²) in [6, 6.07) is 16.0. The number of carboxylic acids is 1. The van der Waals surface area contributed by atoms with Crippen molar-refractivity contribution in [3.63, 3.8) is 0 Å². The molecule has 2 amide bonds. The van der Waals surface area contributed by atoms with E-state index in [0.717, 1.165) is 22.3 Å². The molecular weight excluding hydrogens is 448 g/mol. The number of aliphatic carboxylic acids is 1. The number of rotatable bonds is 9. The minimum absolute atomic E-state index is 0.0993. The van der Waals surface area contributed by atoms with Crippen molar-refractivity contribution in [3.8, 4) is 11.1 Å². The number of fused-ring (bicyclic) bond motifs is 3. The van der Waals surface area contributed by atoms with Crippen LogP contribution in [0, 0.1) is 5.41 Å². The van der Waals surface area contributed by atoms with E-state index in [1.165, 1.54) is 27.9 Å². The smallest absolute Gasteiger partial charge is 0.408 e. The zero-order valence-corrected chi connectivity index (χ0v) is 21.1. The van der Waals surface area contributed by atoms with E-state index >= 15 is 0 Å². The molecule has 1 unspecified atom stereocenters. The van der Waals surface area contributed by atoms with Crippen LogP contribution in [0.4, 0.5) is 4.79 Å². The lowest BCUT2D eigenvalue weighted by atomic mass is 9.74. The lowest BCUT2D eigenvalue weighted by Crippen LogP contribution is -2.66. The van der Waals surface area contributed by atoms with Crippen LogP contribution in [0.3, 0.4) is 0 Å². The number of nitrogens with one attached hydrogen (secondary N) is 2. The number of amides is 2. The SMILES string of the molecule is COCC(C)(NC(=O)OCC1c2ccccc2-c2ccccc21)C(=O)NC(C)(C)C(C)(C)C(=O)O. The Morgan fingerprint density at radius 3 is 1.89 bits per heavy atom. The fraction of sp³-hybridized carbons (Fsp3) is 0.444. The van der Waals surface area contributed by atoms with Gasteiger partial charge in [-0.3, -0.25) is 9.59 Å². The predicted molar refractivity (Wildman–Crippen MR) is 132 cm³/mol. The maximum atomic E-state index is 13.2. The number of methoxy groups -OCH3 is 1. The first-order chi connectivity index (χ1) is 16.3. The Morgan fingerprint density at radius 1 is 0.886 bits per heavy atom. The zero-order valence-electron chi connectivity index (χ0n) is 21.1. The van der Waals surface area contributed by atoms with Gasteiger partial charge in [0.05, 0.1) is 17.6 Å². The van der Waals surface area contributed by atoms with Gasteiger partial charge in [-0.25, -0.2) is 4.79 Å². The zero-order chi connectivity index (χ0) is 26.0. The standard InChI is InChI=1S/C27H34N2O6/c1-25(2,23(31)32)26(3,4)28-22(30)27(5,16-34-6)29-24(33)35-15-21-19-13-9-7-11-17(19)18-12-8-10-14-20(18)21/h7-14,21H,15-16H2,1-6H3,(H,28,30)(H,29,33)(H,31,32). The molecule has 0 saturated carbocycles. The average Bonchev–Trinajstić information content (AvgIpc) is 3.11. The number of hydrogen-bond donors (Lipinski definition) is 3. The summed E-state index contributed by atoms with van der Waals surface area (Å²) < 4.78 is 10.8. The maximum absolute atomic E-state index is 13.2. The summed E-state index contributed by atoms with van der Waals surface area (Å²) in [6.45, 7) is 7.79. The Labute approximate surface area is 206 Å². The molecule has 188 valence electrons. The second-order valence-corrected chi connectivity index (χ2v) is 10.2. The summed E-state index contributed by atoms with van der Waals surface area (Å²) in [7, 11) is 1.41. The number of ether oxygens (including phenoxy) is 2. The van der Waals surface area contributed by atoms with E-state index in [9.17, 15) is 19.5 Å². The minimum Gasteiger partial charge on any atom is -0.481 e. The van der Waals surface area contributed by atoms with Gasteiger partial charge in [0.15, 0.2) is 0 Å². The molecule has 35 heavy (non-hydrogen) atoms. The lowest BCUT2D eigenvalue weighted by Gasteiger charge is -2.41. The molecule has 0 heterocycles. The van der Waals surface area contributed by atoms with Crippen molar-refractivity contribution in [2.75, 3.05) is 20.3 Å². The van der Waals surface area contributed by atoms with Crippen molar-refractivity contribution < 1.29 is 29.0 Å². The summed E-state index contributed by atoms with van der Waals surface area (Å²) in [5.41, 5.74) is 0.526. The van der Waals surface area contributed by atoms with Gasteiger partial charge in [-0.1, -0.05) is 48.5 Å². The van der Waals surface area contributed by atoms with Crippen molar-refractivity contribution in [1.82, 2.24) is 10.6 Å². The third-order valence-corrected chi connectivity index (χ3v) is 7.18. The van der Waals surface area contributed by atoms with E-state index in [4.69, 9.17) is 9.47 Å². The Morgan fingerprint density at radius 2 is 1.40 bits per heavy atom. The monoisotopic (exact) mass is 482 g/mol. The average molecular weight is 483 g/mol. The van der Waals surface area contributed by atoms with Gasteiger partial charge < -0.3 is 25.2 Å². The van der Waals surface area contributed by atoms with E-state index in [0.29, 0.717) is 0 Å². The molecule has 0 radical (unpaired) electrons. The quantitative estimate of drug-likeness (QED) is 0.499. The second-order valence-electron chi connectivity index (χ2n) is 10.2. The molecule has 0 spiro atoms. The van der Waals surface area contributed by atoms with Crippen LogP contribution in [0.2, 0.25) is 0 Å². The van der Waals surface area contributed by atoms with Crippen LogP contribution in [-0.4, -0.2) is 54.5 Å². The lowest BCUT2D eigenvalue weighted by molar-refractivity contribution is -0.152. The third-order valence-electron chi connectivity index (χ3n) is 7.18. The Kier molecular flexibility index (Phi) is 7.26. The molecule has 1 aliphatic carbocycles. The minimum atomic E-state index is -1.48. The van der Waals surface area contributed by atoms with Crippen LogP contribution in [-0.2, 0) is 19.1 Å². The van der Waals surface area contributed by atoms with Gasteiger partial charge in [0.25, 0.3) is 0 Å². The van der Waals surface area contributed by atoms with Gasteiger partial charge in [-0.15, -0.1) is 0 Å². The number of benzene rings is 2. The first-order valence-corrected chi connectivity index (χ1v) is 11.5. The highest BCUT2D eigenvalue weighted by molar-refractivity contribution is 5.91. The van der Waals surface area contributed by atoms with Crippen LogP contribution in [0.25, 0.3) is 11.1 Å². The number of alkyl carbamates (subject to hydrolysis) is 1. The highest BCUT2D eigenvalue weighted by atomic mass is 16.5. The van der Waals surface area contributed by atoms with Crippen LogP contribution >= 0.6 is 0 Å². The molecule has 0 bridgehead atoms. The Bertz CT molecular complexity index is 1080. The fourth-order valence-electron chi connectivity index (χ4n) is 4.15. The van der Waals surface area contributed by atoms with E-state index in [2.05, 4.69) is 22.8 Å². The molecule has 3 N–H and O–H groups in total. The molecule has 3 rings (SSSR count). The molecule has 2 aromatic carbocycles. The number of carbonyl (C=O) groups is 3. The van der Waals surface area contributed by atoms with Gasteiger partial charge in [-0.2, -0.15) is 0 Å². The van der Waals surface area contributed by atoms with Gasteiger partial charge in [0.2, 0.25) is 5.91 Å². The Hall–Kier alpha value is -3.39. The first kappa shape index (κ1) is 26.2. The molecular formula is C27H34N2O6. The van der Waals surface area contributed by atoms with E-state index in [-0.39, 0.29) is 19.1 Å². The summed E-state index contributed by atoms with van der Waals surface area (Å²) in [5.74, 6) is -1.75. The fourth-order valence-corrected chi connectivity index (χ4v) is 4.15. The highest BCUT2D eigenvalue weighted by Crippen LogP contribution is 2.44. The van der Waals surface area contributed by atoms with Gasteiger partial charge in [0, 0.05) is 13.0 Å². The van der Waals surface area contributed by atoms with E-state index in [1.807, 2.05) is 36.4 Å². The molecule has 0 aromatic heterocycles. The predicted octanol–water partition coefficient (Wildman–Crippen LogP) is 3.94. The van der Waals surface area contributed by atoms with Gasteiger partial charge in [-0.05, 0) is 56.9 Å². The highest BCUT2D eigenvalue weighted by Gasteiger charge is 2.47.